The van der Waals surface area contributed by atoms with Crippen LogP contribution in [0.25, 0.3) is 0 Å². The minimum Gasteiger partial charge on any atom is -0.0842 e. The van der Waals surface area contributed by atoms with Crippen LogP contribution in [0.4, 0.5) is 0 Å². The molecule has 0 atom stereocenters. The van der Waals surface area contributed by atoms with Gasteiger partial charge >= 0.3 is 0 Å². The Labute approximate surface area is 122 Å². The molecule has 0 heteroatoms. The van der Waals surface area contributed by atoms with Gasteiger partial charge in [0, 0.05) is 0 Å². The molecule has 0 bridgehead atoms. The number of aryl methyl sites for hydroxylation is 2. The zero-order valence-electron chi connectivity index (χ0n) is 11.9. The number of hydrogen-bond acceptors (Lipinski definition) is 0. The predicted octanol–water partition coefficient (Wildman–Crippen LogP) is 5.36. The van der Waals surface area contributed by atoms with E-state index in [1.807, 2.05) is 0 Å². The molecule has 0 aromatic heterocycles. The fraction of sp³-hybridized carbons (Fsp3) is 0.200. The maximum absolute atomic E-state index is 2.24. The standard InChI is InChI=1S/C20H22/c1(3-7-13-19-15-9-5-10-16-19)2-4-8-14-20-17-11-6-12-18-20/h1-6,9-12,15-18H,7-8,13-14H2/b3-1+,4-2+. The van der Waals surface area contributed by atoms with Crippen molar-refractivity contribution in [1.29, 1.82) is 0 Å². The van der Waals surface area contributed by atoms with Gasteiger partial charge in [-0.3, -0.25) is 0 Å². The second kappa shape index (κ2) is 8.92. The lowest BCUT2D eigenvalue weighted by Gasteiger charge is -1.96. The van der Waals surface area contributed by atoms with Crippen molar-refractivity contribution < 1.29 is 0 Å². The monoisotopic (exact) mass is 262 g/mol. The van der Waals surface area contributed by atoms with Crippen LogP contribution < -0.4 is 0 Å². The molecule has 0 amide bonds. The molecule has 0 saturated carbocycles. The molecular formula is C20H22. The molecular weight excluding hydrogens is 240 g/mol. The zero-order chi connectivity index (χ0) is 13.9. The van der Waals surface area contributed by atoms with E-state index in [2.05, 4.69) is 85.0 Å². The van der Waals surface area contributed by atoms with Gasteiger partial charge in [-0.05, 0) is 36.8 Å². The van der Waals surface area contributed by atoms with Gasteiger partial charge < -0.3 is 0 Å². The van der Waals surface area contributed by atoms with E-state index >= 15 is 0 Å². The number of hydrogen-bond donors (Lipinski definition) is 0. The van der Waals surface area contributed by atoms with Crippen molar-refractivity contribution in [1.82, 2.24) is 0 Å². The molecule has 2 aromatic carbocycles. The van der Waals surface area contributed by atoms with Gasteiger partial charge in [-0.25, -0.2) is 0 Å². The number of rotatable bonds is 7. The Balaban J connectivity index is 1.60. The van der Waals surface area contributed by atoms with Gasteiger partial charge in [0.05, 0.1) is 0 Å². The highest BCUT2D eigenvalue weighted by Crippen LogP contribution is 2.04. The minimum atomic E-state index is 1.10. The summed E-state index contributed by atoms with van der Waals surface area (Å²) < 4.78 is 0. The first kappa shape index (κ1) is 14.3. The third kappa shape index (κ3) is 5.71. The summed E-state index contributed by atoms with van der Waals surface area (Å²) in [6.45, 7) is 0. The molecule has 0 nitrogen and oxygen atoms in total. The zero-order valence-corrected chi connectivity index (χ0v) is 11.9. The summed E-state index contributed by atoms with van der Waals surface area (Å²) >= 11 is 0. The molecule has 0 aliphatic carbocycles. The van der Waals surface area contributed by atoms with Crippen LogP contribution in [0.3, 0.4) is 0 Å². The second-order valence-electron chi connectivity index (χ2n) is 4.90. The van der Waals surface area contributed by atoms with Crippen molar-refractivity contribution in [3.63, 3.8) is 0 Å². The van der Waals surface area contributed by atoms with Gasteiger partial charge in [0.1, 0.15) is 0 Å². The highest BCUT2D eigenvalue weighted by molar-refractivity contribution is 5.17. The van der Waals surface area contributed by atoms with Crippen molar-refractivity contribution in [2.24, 2.45) is 0 Å². The summed E-state index contributed by atoms with van der Waals surface area (Å²) in [6.07, 6.45) is 13.3. The summed E-state index contributed by atoms with van der Waals surface area (Å²) in [7, 11) is 0. The predicted molar refractivity (Wildman–Crippen MR) is 87.8 cm³/mol. The molecule has 20 heavy (non-hydrogen) atoms. The normalized spacial score (nSPS) is 11.4. The van der Waals surface area contributed by atoms with Crippen molar-refractivity contribution >= 4 is 0 Å². The number of allylic oxidation sites excluding steroid dienone is 4. The Bertz CT molecular complexity index is 469. The van der Waals surface area contributed by atoms with Gasteiger partial charge in [0.15, 0.2) is 0 Å². The van der Waals surface area contributed by atoms with Crippen molar-refractivity contribution in [2.75, 3.05) is 0 Å². The van der Waals surface area contributed by atoms with Crippen LogP contribution in [0.1, 0.15) is 24.0 Å². The first-order valence-electron chi connectivity index (χ1n) is 7.34. The van der Waals surface area contributed by atoms with Gasteiger partial charge in [-0.1, -0.05) is 85.0 Å². The third-order valence-electron chi connectivity index (χ3n) is 3.27. The van der Waals surface area contributed by atoms with Gasteiger partial charge in [0.25, 0.3) is 0 Å². The van der Waals surface area contributed by atoms with Crippen LogP contribution in [-0.2, 0) is 12.8 Å². The largest absolute Gasteiger partial charge is 0.0842 e. The summed E-state index contributed by atoms with van der Waals surface area (Å²) in [5.41, 5.74) is 2.82. The molecule has 0 unspecified atom stereocenters. The Morgan fingerprint density at radius 1 is 0.550 bits per heavy atom. The van der Waals surface area contributed by atoms with Crippen LogP contribution >= 0.6 is 0 Å². The Kier molecular flexibility index (Phi) is 6.40. The summed E-state index contributed by atoms with van der Waals surface area (Å²) in [4.78, 5) is 0. The lowest BCUT2D eigenvalue weighted by atomic mass is 10.1. The van der Waals surface area contributed by atoms with Crippen molar-refractivity contribution in [3.8, 4) is 0 Å². The van der Waals surface area contributed by atoms with Gasteiger partial charge in [0.2, 0.25) is 0 Å². The van der Waals surface area contributed by atoms with Crippen molar-refractivity contribution in [3.05, 3.63) is 96.1 Å². The average Bonchev–Trinajstić information content (AvgIpc) is 2.52. The first-order valence-corrected chi connectivity index (χ1v) is 7.34. The molecule has 0 aliphatic heterocycles. The van der Waals surface area contributed by atoms with E-state index in [9.17, 15) is 0 Å². The molecule has 0 aliphatic rings. The Morgan fingerprint density at radius 2 is 0.950 bits per heavy atom. The third-order valence-corrected chi connectivity index (χ3v) is 3.27. The van der Waals surface area contributed by atoms with Crippen molar-refractivity contribution in [2.45, 2.75) is 25.7 Å². The summed E-state index contributed by atoms with van der Waals surface area (Å²) in [6, 6.07) is 21.3. The van der Waals surface area contributed by atoms with Crippen LogP contribution in [-0.4, -0.2) is 0 Å². The Morgan fingerprint density at radius 3 is 1.35 bits per heavy atom. The lowest BCUT2D eigenvalue weighted by Crippen LogP contribution is -1.81. The average molecular weight is 262 g/mol. The molecule has 0 spiro atoms. The summed E-state index contributed by atoms with van der Waals surface area (Å²) in [5.74, 6) is 0. The second-order valence-corrected chi connectivity index (χ2v) is 4.90. The molecule has 0 saturated heterocycles. The summed E-state index contributed by atoms with van der Waals surface area (Å²) in [5, 5.41) is 0. The van der Waals surface area contributed by atoms with Crippen LogP contribution in [0.2, 0.25) is 0 Å². The fourth-order valence-electron chi connectivity index (χ4n) is 2.14. The number of benzene rings is 2. The molecule has 0 heterocycles. The van der Waals surface area contributed by atoms with E-state index in [0.29, 0.717) is 0 Å². The van der Waals surface area contributed by atoms with Crippen LogP contribution in [0.5, 0.6) is 0 Å². The topological polar surface area (TPSA) is 0 Å². The van der Waals surface area contributed by atoms with E-state index in [-0.39, 0.29) is 0 Å². The van der Waals surface area contributed by atoms with E-state index < -0.39 is 0 Å². The maximum Gasteiger partial charge on any atom is -0.0244 e. The highest BCUT2D eigenvalue weighted by atomic mass is 13.9. The Hall–Kier alpha value is -2.08. The van der Waals surface area contributed by atoms with Gasteiger partial charge in [-0.2, -0.15) is 0 Å². The minimum absolute atomic E-state index is 1.10. The molecule has 0 radical (unpaired) electrons. The fourth-order valence-corrected chi connectivity index (χ4v) is 2.14. The van der Waals surface area contributed by atoms with Crippen LogP contribution in [0.15, 0.2) is 85.0 Å². The SMILES string of the molecule is C(/C=C/CCc1ccccc1)=C\CCc1ccccc1. The molecule has 102 valence electrons. The van der Waals surface area contributed by atoms with E-state index in [4.69, 9.17) is 0 Å². The smallest absolute Gasteiger partial charge is 0.0244 e. The first-order chi connectivity index (χ1) is 9.95. The lowest BCUT2D eigenvalue weighted by molar-refractivity contribution is 0.995. The molecule has 2 aromatic rings. The molecule has 0 N–H and O–H groups in total. The molecule has 0 fully saturated rings. The maximum atomic E-state index is 2.24. The van der Waals surface area contributed by atoms with E-state index in [1.165, 1.54) is 11.1 Å². The van der Waals surface area contributed by atoms with Gasteiger partial charge in [-0.15, -0.1) is 0 Å². The molecule has 2 rings (SSSR count). The quantitative estimate of drug-likeness (QED) is 0.589. The van der Waals surface area contributed by atoms with E-state index in [0.717, 1.165) is 25.7 Å². The highest BCUT2D eigenvalue weighted by Gasteiger charge is 1.88. The van der Waals surface area contributed by atoms with Crippen LogP contribution in [0, 0.1) is 0 Å². The van der Waals surface area contributed by atoms with E-state index in [1.54, 1.807) is 0 Å².